The number of hydrogen-bond donors (Lipinski definition) is 2. The molecule has 1 rings (SSSR count). The SMILES string of the molecule is Cc1cc(N)cc(O)c1C(=O)CCl. The quantitative estimate of drug-likeness (QED) is 0.433. The number of phenols is 1. The number of nitrogens with two attached hydrogens (primary N) is 1. The Morgan fingerprint density at radius 2 is 2.23 bits per heavy atom. The molecule has 1 aromatic rings. The molecule has 0 bridgehead atoms. The lowest BCUT2D eigenvalue weighted by atomic mass is 10.0. The van der Waals surface area contributed by atoms with E-state index in [1.807, 2.05) is 0 Å². The average Bonchev–Trinajstić information content (AvgIpc) is 2.02. The second kappa shape index (κ2) is 3.66. The van der Waals surface area contributed by atoms with Crippen molar-refractivity contribution in [1.82, 2.24) is 0 Å². The third-order valence-electron chi connectivity index (χ3n) is 1.74. The van der Waals surface area contributed by atoms with E-state index in [1.54, 1.807) is 13.0 Å². The second-order valence-corrected chi connectivity index (χ2v) is 3.06. The van der Waals surface area contributed by atoms with Crippen LogP contribution in [0.4, 0.5) is 5.69 Å². The maximum atomic E-state index is 11.2. The second-order valence-electron chi connectivity index (χ2n) is 2.79. The Labute approximate surface area is 81.1 Å². The monoisotopic (exact) mass is 199 g/mol. The Morgan fingerprint density at radius 1 is 1.62 bits per heavy atom. The maximum absolute atomic E-state index is 11.2. The van der Waals surface area contributed by atoms with E-state index in [-0.39, 0.29) is 23.0 Å². The fraction of sp³-hybridized carbons (Fsp3) is 0.222. The predicted molar refractivity (Wildman–Crippen MR) is 52.3 cm³/mol. The number of benzene rings is 1. The van der Waals surface area contributed by atoms with Crippen LogP contribution in [-0.4, -0.2) is 16.8 Å². The van der Waals surface area contributed by atoms with Gasteiger partial charge in [0, 0.05) is 11.8 Å². The Bertz CT molecular complexity index is 326. The summed E-state index contributed by atoms with van der Waals surface area (Å²) < 4.78 is 0. The van der Waals surface area contributed by atoms with E-state index in [9.17, 15) is 9.90 Å². The fourth-order valence-corrected chi connectivity index (χ4v) is 1.36. The molecule has 0 unspecified atom stereocenters. The van der Waals surface area contributed by atoms with Crippen LogP contribution >= 0.6 is 11.6 Å². The Kier molecular flexibility index (Phi) is 2.78. The van der Waals surface area contributed by atoms with Crippen molar-refractivity contribution < 1.29 is 9.90 Å². The summed E-state index contributed by atoms with van der Waals surface area (Å²) in [7, 11) is 0. The number of Topliss-reactive ketones (excluding diaryl/α,β-unsaturated/α-hetero) is 1. The van der Waals surface area contributed by atoms with Crippen LogP contribution in [0.1, 0.15) is 15.9 Å². The smallest absolute Gasteiger partial charge is 0.181 e. The molecule has 0 heterocycles. The topological polar surface area (TPSA) is 63.3 Å². The number of nitrogen functional groups attached to an aromatic ring is 1. The minimum Gasteiger partial charge on any atom is -0.507 e. The van der Waals surface area contributed by atoms with Crippen molar-refractivity contribution in [2.75, 3.05) is 11.6 Å². The number of anilines is 1. The molecule has 0 radical (unpaired) electrons. The van der Waals surface area contributed by atoms with Gasteiger partial charge < -0.3 is 10.8 Å². The molecular weight excluding hydrogens is 190 g/mol. The molecule has 0 aliphatic heterocycles. The summed E-state index contributed by atoms with van der Waals surface area (Å²) in [5.74, 6) is -0.544. The van der Waals surface area contributed by atoms with Gasteiger partial charge in [-0.2, -0.15) is 0 Å². The highest BCUT2D eigenvalue weighted by molar-refractivity contribution is 6.31. The summed E-state index contributed by atoms with van der Waals surface area (Å²) in [4.78, 5) is 11.2. The molecule has 0 amide bonds. The molecule has 4 heteroatoms. The van der Waals surface area contributed by atoms with Crippen molar-refractivity contribution in [2.45, 2.75) is 6.92 Å². The normalized spacial score (nSPS) is 10.0. The molecule has 13 heavy (non-hydrogen) atoms. The van der Waals surface area contributed by atoms with Crippen molar-refractivity contribution in [3.8, 4) is 5.75 Å². The molecule has 0 saturated heterocycles. The molecule has 3 N–H and O–H groups in total. The van der Waals surface area contributed by atoms with Crippen LogP contribution in [0.2, 0.25) is 0 Å². The van der Waals surface area contributed by atoms with E-state index in [1.165, 1.54) is 6.07 Å². The van der Waals surface area contributed by atoms with Gasteiger partial charge in [-0.3, -0.25) is 4.79 Å². The van der Waals surface area contributed by atoms with Gasteiger partial charge >= 0.3 is 0 Å². The number of ketones is 1. The minimum absolute atomic E-state index is 0.108. The van der Waals surface area contributed by atoms with Crippen LogP contribution in [0, 0.1) is 6.92 Å². The average molecular weight is 200 g/mol. The number of carbonyl (C=O) groups excluding carboxylic acids is 1. The molecular formula is C9H10ClNO2. The van der Waals surface area contributed by atoms with E-state index >= 15 is 0 Å². The summed E-state index contributed by atoms with van der Waals surface area (Å²) in [6.07, 6.45) is 0. The van der Waals surface area contributed by atoms with E-state index in [2.05, 4.69) is 0 Å². The summed E-state index contributed by atoms with van der Waals surface area (Å²) in [5, 5.41) is 9.41. The first-order valence-corrected chi connectivity index (χ1v) is 4.28. The van der Waals surface area contributed by atoms with E-state index in [0.29, 0.717) is 11.3 Å². The zero-order valence-electron chi connectivity index (χ0n) is 7.17. The first-order valence-electron chi connectivity index (χ1n) is 3.74. The van der Waals surface area contributed by atoms with E-state index in [4.69, 9.17) is 17.3 Å². The van der Waals surface area contributed by atoms with Crippen LogP contribution in [0.25, 0.3) is 0 Å². The number of alkyl halides is 1. The Hall–Kier alpha value is -1.22. The molecule has 0 spiro atoms. The molecule has 0 aliphatic carbocycles. The Morgan fingerprint density at radius 3 is 2.69 bits per heavy atom. The largest absolute Gasteiger partial charge is 0.507 e. The highest BCUT2D eigenvalue weighted by atomic mass is 35.5. The van der Waals surface area contributed by atoms with Crippen LogP contribution in [0.3, 0.4) is 0 Å². The van der Waals surface area contributed by atoms with E-state index in [0.717, 1.165) is 0 Å². The number of hydrogen-bond acceptors (Lipinski definition) is 3. The van der Waals surface area contributed by atoms with Crippen LogP contribution in [-0.2, 0) is 0 Å². The summed E-state index contributed by atoms with van der Waals surface area (Å²) >= 11 is 5.38. The number of phenolic OH excluding ortho intramolecular Hbond substituents is 1. The van der Waals surface area contributed by atoms with Gasteiger partial charge in [-0.05, 0) is 18.6 Å². The van der Waals surface area contributed by atoms with Gasteiger partial charge in [0.1, 0.15) is 5.75 Å². The van der Waals surface area contributed by atoms with Crippen LogP contribution in [0.15, 0.2) is 12.1 Å². The lowest BCUT2D eigenvalue weighted by Crippen LogP contribution is -2.04. The van der Waals surface area contributed by atoms with Crippen molar-refractivity contribution in [2.24, 2.45) is 0 Å². The van der Waals surface area contributed by atoms with Gasteiger partial charge in [0.25, 0.3) is 0 Å². The number of aromatic hydroxyl groups is 1. The number of halogens is 1. The standard InChI is InChI=1S/C9H10ClNO2/c1-5-2-6(11)3-7(12)9(5)8(13)4-10/h2-3,12H,4,11H2,1H3. The fourth-order valence-electron chi connectivity index (χ4n) is 1.23. The highest BCUT2D eigenvalue weighted by Gasteiger charge is 2.13. The van der Waals surface area contributed by atoms with E-state index < -0.39 is 0 Å². The molecule has 0 atom stereocenters. The summed E-state index contributed by atoms with van der Waals surface area (Å²) in [6, 6.07) is 2.96. The van der Waals surface area contributed by atoms with Crippen LogP contribution in [0.5, 0.6) is 5.75 Å². The first-order chi connectivity index (χ1) is 6.06. The molecule has 1 aromatic carbocycles. The summed E-state index contributed by atoms with van der Waals surface area (Å²) in [6.45, 7) is 1.70. The molecule has 0 saturated carbocycles. The molecule has 3 nitrogen and oxygen atoms in total. The molecule has 0 aliphatic rings. The lowest BCUT2D eigenvalue weighted by Gasteiger charge is -2.06. The number of rotatable bonds is 2. The van der Waals surface area contributed by atoms with Gasteiger partial charge in [-0.25, -0.2) is 0 Å². The third-order valence-corrected chi connectivity index (χ3v) is 1.98. The van der Waals surface area contributed by atoms with Gasteiger partial charge in [-0.15, -0.1) is 11.6 Å². The summed E-state index contributed by atoms with van der Waals surface area (Å²) in [5.41, 5.74) is 6.79. The third kappa shape index (κ3) is 1.92. The number of aryl methyl sites for hydroxylation is 1. The van der Waals surface area contributed by atoms with Gasteiger partial charge in [-0.1, -0.05) is 0 Å². The molecule has 0 fully saturated rings. The molecule has 0 aromatic heterocycles. The maximum Gasteiger partial charge on any atom is 0.181 e. The zero-order valence-corrected chi connectivity index (χ0v) is 7.93. The first kappa shape index (κ1) is 9.86. The lowest BCUT2D eigenvalue weighted by molar-refractivity contribution is 0.101. The van der Waals surface area contributed by atoms with Gasteiger partial charge in [0.15, 0.2) is 5.78 Å². The van der Waals surface area contributed by atoms with Crippen LogP contribution < -0.4 is 5.73 Å². The number of carbonyl (C=O) groups is 1. The van der Waals surface area contributed by atoms with Crippen molar-refractivity contribution in [3.63, 3.8) is 0 Å². The van der Waals surface area contributed by atoms with Crippen molar-refractivity contribution >= 4 is 23.1 Å². The minimum atomic E-state index is -0.295. The zero-order chi connectivity index (χ0) is 10.0. The van der Waals surface area contributed by atoms with Crippen molar-refractivity contribution in [1.29, 1.82) is 0 Å². The highest BCUT2D eigenvalue weighted by Crippen LogP contribution is 2.25. The van der Waals surface area contributed by atoms with Gasteiger partial charge in [0.2, 0.25) is 0 Å². The van der Waals surface area contributed by atoms with Crippen molar-refractivity contribution in [3.05, 3.63) is 23.3 Å². The van der Waals surface area contributed by atoms with Gasteiger partial charge in [0.05, 0.1) is 11.4 Å². The molecule has 70 valence electrons. The Balaban J connectivity index is 3.28. The predicted octanol–water partition coefficient (Wildman–Crippen LogP) is 1.70.